The molecule has 1 aliphatic carbocycles. The maximum atomic E-state index is 12.4. The summed E-state index contributed by atoms with van der Waals surface area (Å²) in [5, 5.41) is 1.11. The molecular formula is C14H25NO3Si. The Balaban J connectivity index is 2.17. The van der Waals surface area contributed by atoms with Crippen molar-refractivity contribution in [3.63, 3.8) is 0 Å². The average Bonchev–Trinajstić information content (AvgIpc) is 2.54. The molecule has 2 aliphatic rings. The van der Waals surface area contributed by atoms with Gasteiger partial charge >= 0.3 is 0 Å². The summed E-state index contributed by atoms with van der Waals surface area (Å²) >= 11 is 0. The minimum atomic E-state index is -2.13. The fourth-order valence-electron chi connectivity index (χ4n) is 2.59. The summed E-state index contributed by atoms with van der Waals surface area (Å²) in [7, 11) is -2.13. The van der Waals surface area contributed by atoms with Crippen LogP contribution in [0.5, 0.6) is 0 Å². The minimum Gasteiger partial charge on any atom is -0.310 e. The Morgan fingerprint density at radius 2 is 1.47 bits per heavy atom. The van der Waals surface area contributed by atoms with Crippen LogP contribution in [-0.4, -0.2) is 25.2 Å². The summed E-state index contributed by atoms with van der Waals surface area (Å²) in [6.45, 7) is 10.5. The molecule has 0 radical (unpaired) electrons. The van der Waals surface area contributed by atoms with Gasteiger partial charge in [-0.3, -0.25) is 9.59 Å². The van der Waals surface area contributed by atoms with Crippen LogP contribution in [0.4, 0.5) is 0 Å². The highest BCUT2D eigenvalue weighted by Gasteiger charge is 2.52. The molecule has 108 valence electrons. The normalized spacial score (nSPS) is 28.8. The Morgan fingerprint density at radius 1 is 1.05 bits per heavy atom. The van der Waals surface area contributed by atoms with Gasteiger partial charge in [0.15, 0.2) is 0 Å². The van der Waals surface area contributed by atoms with Crippen molar-refractivity contribution in [1.29, 1.82) is 0 Å². The van der Waals surface area contributed by atoms with Crippen molar-refractivity contribution in [2.24, 2.45) is 11.8 Å². The number of amides is 2. The van der Waals surface area contributed by atoms with E-state index in [0.29, 0.717) is 0 Å². The molecule has 2 unspecified atom stereocenters. The smallest absolute Gasteiger partial charge is 0.256 e. The lowest BCUT2D eigenvalue weighted by Gasteiger charge is -2.37. The van der Waals surface area contributed by atoms with E-state index in [-0.39, 0.29) is 28.7 Å². The summed E-state index contributed by atoms with van der Waals surface area (Å²) in [6, 6.07) is 0. The summed E-state index contributed by atoms with van der Waals surface area (Å²) < 4.78 is 5.95. The van der Waals surface area contributed by atoms with E-state index in [0.717, 1.165) is 30.7 Å². The van der Waals surface area contributed by atoms with E-state index < -0.39 is 8.32 Å². The maximum Gasteiger partial charge on any atom is 0.256 e. The van der Waals surface area contributed by atoms with Gasteiger partial charge in [0.05, 0.1) is 11.8 Å². The van der Waals surface area contributed by atoms with Crippen molar-refractivity contribution >= 4 is 20.1 Å². The third-order valence-corrected chi connectivity index (χ3v) is 9.18. The molecule has 0 N–H and O–H groups in total. The Hall–Kier alpha value is -0.683. The van der Waals surface area contributed by atoms with E-state index in [1.807, 2.05) is 0 Å². The monoisotopic (exact) mass is 283 g/mol. The number of nitrogens with zero attached hydrogens (tertiary/aromatic N) is 1. The SMILES string of the molecule is CC(C)(C)[Si](C)(C)ON1C(=O)C2CCCCC2C1=O. The van der Waals surface area contributed by atoms with E-state index >= 15 is 0 Å². The summed E-state index contributed by atoms with van der Waals surface area (Å²) in [6.07, 6.45) is 3.78. The fraction of sp³-hybridized carbons (Fsp3) is 0.857. The number of carbonyl (C=O) groups is 2. The molecular weight excluding hydrogens is 258 g/mol. The minimum absolute atomic E-state index is 0.0126. The van der Waals surface area contributed by atoms with Crippen LogP contribution in [0.2, 0.25) is 18.1 Å². The summed E-state index contributed by atoms with van der Waals surface area (Å²) in [5.41, 5.74) is 0. The van der Waals surface area contributed by atoms with Gasteiger partial charge in [-0.2, -0.15) is 5.06 Å². The zero-order chi connectivity index (χ0) is 14.4. The largest absolute Gasteiger partial charge is 0.310 e. The number of imide groups is 1. The molecule has 0 aromatic rings. The van der Waals surface area contributed by atoms with Crippen LogP contribution in [0, 0.1) is 11.8 Å². The van der Waals surface area contributed by atoms with Crippen LogP contribution in [0.25, 0.3) is 0 Å². The lowest BCUT2D eigenvalue weighted by molar-refractivity contribution is -0.169. The number of rotatable bonds is 2. The Kier molecular flexibility index (Phi) is 3.64. The molecule has 2 amide bonds. The molecule has 1 aliphatic heterocycles. The third kappa shape index (κ3) is 2.50. The molecule has 1 heterocycles. The predicted octanol–water partition coefficient (Wildman–Crippen LogP) is 3.10. The number of hydrogen-bond donors (Lipinski definition) is 0. The highest BCUT2D eigenvalue weighted by Crippen LogP contribution is 2.42. The topological polar surface area (TPSA) is 46.6 Å². The average molecular weight is 283 g/mol. The first-order valence-corrected chi connectivity index (χ1v) is 10.1. The molecule has 4 nitrogen and oxygen atoms in total. The molecule has 5 heteroatoms. The second-order valence-electron chi connectivity index (χ2n) is 7.32. The van der Waals surface area contributed by atoms with Crippen molar-refractivity contribution in [2.75, 3.05) is 0 Å². The second kappa shape index (κ2) is 4.70. The number of hydroxylamine groups is 2. The van der Waals surface area contributed by atoms with Crippen LogP contribution in [0.15, 0.2) is 0 Å². The highest BCUT2D eigenvalue weighted by molar-refractivity contribution is 6.74. The summed E-state index contributed by atoms with van der Waals surface area (Å²) in [4.78, 5) is 24.7. The van der Waals surface area contributed by atoms with Crippen LogP contribution in [0.3, 0.4) is 0 Å². The van der Waals surface area contributed by atoms with Crippen LogP contribution in [-0.2, 0) is 14.1 Å². The molecule has 2 atom stereocenters. The van der Waals surface area contributed by atoms with Crippen molar-refractivity contribution < 1.29 is 14.1 Å². The van der Waals surface area contributed by atoms with Crippen molar-refractivity contribution in [1.82, 2.24) is 5.06 Å². The van der Waals surface area contributed by atoms with E-state index in [2.05, 4.69) is 33.9 Å². The molecule has 19 heavy (non-hydrogen) atoms. The molecule has 0 spiro atoms. The van der Waals surface area contributed by atoms with Gasteiger partial charge in [-0.1, -0.05) is 33.6 Å². The van der Waals surface area contributed by atoms with Gasteiger partial charge in [0.2, 0.25) is 8.32 Å². The first kappa shape index (κ1) is 14.7. The van der Waals surface area contributed by atoms with Gasteiger partial charge in [0.1, 0.15) is 0 Å². The quantitative estimate of drug-likeness (QED) is 0.578. The zero-order valence-corrected chi connectivity index (χ0v) is 13.7. The fourth-order valence-corrected chi connectivity index (χ4v) is 3.50. The van der Waals surface area contributed by atoms with Crippen molar-refractivity contribution in [3.8, 4) is 0 Å². The van der Waals surface area contributed by atoms with Gasteiger partial charge in [-0.25, -0.2) is 0 Å². The second-order valence-corrected chi connectivity index (χ2v) is 12.0. The molecule has 1 saturated carbocycles. The maximum absolute atomic E-state index is 12.4. The lowest BCUT2D eigenvalue weighted by atomic mass is 9.81. The van der Waals surface area contributed by atoms with Gasteiger partial charge in [-0.05, 0) is 31.0 Å². The Bertz CT molecular complexity index is 376. The first-order chi connectivity index (χ1) is 8.65. The van der Waals surface area contributed by atoms with Gasteiger partial charge in [0, 0.05) is 0 Å². The number of hydrogen-bond acceptors (Lipinski definition) is 3. The standard InChI is InChI=1S/C14H25NO3Si/c1-14(2,3)19(4,5)18-15-12(16)10-8-6-7-9-11(10)13(15)17/h10-11H,6-9H2,1-5H3. The van der Waals surface area contributed by atoms with Gasteiger partial charge in [0.25, 0.3) is 11.8 Å². The van der Waals surface area contributed by atoms with E-state index in [4.69, 9.17) is 4.53 Å². The molecule has 0 aromatic carbocycles. The van der Waals surface area contributed by atoms with Gasteiger partial charge in [-0.15, -0.1) is 0 Å². The zero-order valence-electron chi connectivity index (χ0n) is 12.7. The Labute approximate surface area is 116 Å². The van der Waals surface area contributed by atoms with Crippen molar-refractivity contribution in [3.05, 3.63) is 0 Å². The van der Waals surface area contributed by atoms with Crippen LogP contribution < -0.4 is 0 Å². The number of carbonyl (C=O) groups excluding carboxylic acids is 2. The molecule has 2 rings (SSSR count). The predicted molar refractivity (Wildman–Crippen MR) is 75.6 cm³/mol. The highest BCUT2D eigenvalue weighted by atomic mass is 28.4. The molecule has 2 fully saturated rings. The lowest BCUT2D eigenvalue weighted by Crippen LogP contribution is -2.48. The number of fused-ring (bicyclic) bond motifs is 1. The van der Waals surface area contributed by atoms with Crippen LogP contribution in [0.1, 0.15) is 46.5 Å². The van der Waals surface area contributed by atoms with E-state index in [9.17, 15) is 9.59 Å². The molecule has 1 saturated heterocycles. The third-order valence-electron chi connectivity index (χ3n) is 4.93. The summed E-state index contributed by atoms with van der Waals surface area (Å²) in [5.74, 6) is -0.434. The first-order valence-electron chi connectivity index (χ1n) is 7.22. The van der Waals surface area contributed by atoms with Crippen LogP contribution >= 0.6 is 0 Å². The molecule has 0 bridgehead atoms. The van der Waals surface area contributed by atoms with Crippen molar-refractivity contribution in [2.45, 2.75) is 64.6 Å². The molecule has 0 aromatic heterocycles. The van der Waals surface area contributed by atoms with E-state index in [1.54, 1.807) is 0 Å². The Morgan fingerprint density at radius 3 is 1.84 bits per heavy atom. The van der Waals surface area contributed by atoms with E-state index in [1.165, 1.54) is 0 Å². The van der Waals surface area contributed by atoms with Gasteiger partial charge < -0.3 is 4.53 Å².